The molecule has 0 unspecified atom stereocenters. The van der Waals surface area contributed by atoms with Gasteiger partial charge in [0.25, 0.3) is 5.89 Å². The number of aromatic nitrogens is 3. The van der Waals surface area contributed by atoms with E-state index < -0.39 is 0 Å². The standard InChI is InChI=1S/C9H10N4O2/c10-5-4-7-12-9(15-13-7)6-2-1-3-8(14)11-6/h1-3H,4-5,10H2,(H,11,14). The Morgan fingerprint density at radius 3 is 3.07 bits per heavy atom. The predicted molar refractivity (Wildman–Crippen MR) is 53.1 cm³/mol. The molecule has 0 aliphatic heterocycles. The minimum atomic E-state index is -0.203. The van der Waals surface area contributed by atoms with Crippen molar-refractivity contribution in [3.8, 4) is 11.6 Å². The predicted octanol–water partition coefficient (Wildman–Crippen LogP) is -0.0739. The molecular formula is C9H10N4O2. The normalized spacial score (nSPS) is 10.5. The quantitative estimate of drug-likeness (QED) is 0.732. The molecule has 2 rings (SSSR count). The largest absolute Gasteiger partial charge is 0.332 e. The second-order valence-electron chi connectivity index (χ2n) is 2.98. The third kappa shape index (κ3) is 2.10. The van der Waals surface area contributed by atoms with E-state index in [0.29, 0.717) is 30.4 Å². The Bertz CT molecular complexity index is 503. The fourth-order valence-electron chi connectivity index (χ4n) is 1.17. The van der Waals surface area contributed by atoms with E-state index in [1.54, 1.807) is 12.1 Å². The summed E-state index contributed by atoms with van der Waals surface area (Å²) in [6.07, 6.45) is 0.556. The Kier molecular flexibility index (Phi) is 2.59. The molecule has 6 heteroatoms. The van der Waals surface area contributed by atoms with Crippen molar-refractivity contribution in [3.05, 3.63) is 34.4 Å². The molecule has 0 saturated heterocycles. The van der Waals surface area contributed by atoms with Crippen LogP contribution in [0.15, 0.2) is 27.5 Å². The first-order valence-corrected chi connectivity index (χ1v) is 4.52. The maximum Gasteiger partial charge on any atom is 0.274 e. The molecule has 0 aromatic carbocycles. The second kappa shape index (κ2) is 4.05. The lowest BCUT2D eigenvalue weighted by Gasteiger charge is -1.91. The Balaban J connectivity index is 2.33. The van der Waals surface area contributed by atoms with Crippen LogP contribution in [-0.2, 0) is 6.42 Å². The van der Waals surface area contributed by atoms with Crippen LogP contribution in [-0.4, -0.2) is 21.7 Å². The number of nitrogens with two attached hydrogens (primary N) is 1. The second-order valence-corrected chi connectivity index (χ2v) is 2.98. The fourth-order valence-corrected chi connectivity index (χ4v) is 1.17. The van der Waals surface area contributed by atoms with E-state index in [1.165, 1.54) is 6.07 Å². The van der Waals surface area contributed by atoms with E-state index in [4.69, 9.17) is 10.3 Å². The van der Waals surface area contributed by atoms with Crippen molar-refractivity contribution in [1.82, 2.24) is 15.1 Å². The van der Waals surface area contributed by atoms with Gasteiger partial charge in [-0.15, -0.1) is 0 Å². The summed E-state index contributed by atoms with van der Waals surface area (Å²) in [7, 11) is 0. The summed E-state index contributed by atoms with van der Waals surface area (Å²) in [4.78, 5) is 17.7. The van der Waals surface area contributed by atoms with Crippen LogP contribution in [0.5, 0.6) is 0 Å². The summed E-state index contributed by atoms with van der Waals surface area (Å²) < 4.78 is 4.97. The zero-order valence-corrected chi connectivity index (χ0v) is 7.93. The van der Waals surface area contributed by atoms with Crippen LogP contribution >= 0.6 is 0 Å². The topological polar surface area (TPSA) is 97.8 Å². The number of aromatic amines is 1. The molecule has 2 aromatic rings. The van der Waals surface area contributed by atoms with Crippen LogP contribution in [0.3, 0.4) is 0 Å². The first kappa shape index (κ1) is 9.60. The van der Waals surface area contributed by atoms with Crippen molar-refractivity contribution in [2.24, 2.45) is 5.73 Å². The molecule has 0 fully saturated rings. The smallest absolute Gasteiger partial charge is 0.274 e. The van der Waals surface area contributed by atoms with Crippen molar-refractivity contribution in [3.63, 3.8) is 0 Å². The Labute approximate surface area is 85.1 Å². The molecule has 2 aromatic heterocycles. The molecule has 15 heavy (non-hydrogen) atoms. The molecule has 3 N–H and O–H groups in total. The molecule has 78 valence electrons. The van der Waals surface area contributed by atoms with Crippen LogP contribution in [0.2, 0.25) is 0 Å². The first-order valence-electron chi connectivity index (χ1n) is 4.52. The van der Waals surface area contributed by atoms with Gasteiger partial charge in [0.2, 0.25) is 5.56 Å². The summed E-state index contributed by atoms with van der Waals surface area (Å²) in [5.41, 5.74) is 5.66. The van der Waals surface area contributed by atoms with Crippen LogP contribution in [0.1, 0.15) is 5.82 Å². The van der Waals surface area contributed by atoms with Crippen LogP contribution in [0.4, 0.5) is 0 Å². The number of hydrogen-bond acceptors (Lipinski definition) is 5. The van der Waals surface area contributed by atoms with Crippen molar-refractivity contribution in [2.45, 2.75) is 6.42 Å². The molecule has 2 heterocycles. The fraction of sp³-hybridized carbons (Fsp3) is 0.222. The average molecular weight is 206 g/mol. The molecule has 0 spiro atoms. The highest BCUT2D eigenvalue weighted by atomic mass is 16.5. The van der Waals surface area contributed by atoms with Crippen molar-refractivity contribution >= 4 is 0 Å². The third-order valence-corrected chi connectivity index (χ3v) is 1.83. The van der Waals surface area contributed by atoms with Crippen LogP contribution in [0.25, 0.3) is 11.6 Å². The molecule has 0 aliphatic carbocycles. The maximum absolute atomic E-state index is 11.0. The molecule has 0 radical (unpaired) electrons. The first-order chi connectivity index (χ1) is 7.29. The highest BCUT2D eigenvalue weighted by Gasteiger charge is 2.08. The molecular weight excluding hydrogens is 196 g/mol. The summed E-state index contributed by atoms with van der Waals surface area (Å²) in [6.45, 7) is 0.463. The lowest BCUT2D eigenvalue weighted by atomic mass is 10.3. The third-order valence-electron chi connectivity index (χ3n) is 1.83. The molecule has 0 amide bonds. The van der Waals surface area contributed by atoms with E-state index in [1.807, 2.05) is 0 Å². The SMILES string of the molecule is NCCc1noc(-c2cccc(=O)[nH]2)n1. The zero-order chi connectivity index (χ0) is 10.7. The summed E-state index contributed by atoms with van der Waals surface area (Å²) in [6, 6.07) is 4.74. The Morgan fingerprint density at radius 2 is 2.33 bits per heavy atom. The van der Waals surface area contributed by atoms with E-state index in [2.05, 4.69) is 15.1 Å². The molecule has 6 nitrogen and oxygen atoms in total. The molecule has 0 atom stereocenters. The van der Waals surface area contributed by atoms with Crippen molar-refractivity contribution in [1.29, 1.82) is 0 Å². The number of nitrogens with one attached hydrogen (secondary N) is 1. The zero-order valence-electron chi connectivity index (χ0n) is 7.93. The summed E-state index contributed by atoms with van der Waals surface area (Å²) in [5.74, 6) is 0.841. The van der Waals surface area contributed by atoms with Gasteiger partial charge in [0.15, 0.2) is 5.82 Å². The minimum Gasteiger partial charge on any atom is -0.332 e. The lowest BCUT2D eigenvalue weighted by molar-refractivity contribution is 0.421. The van der Waals surface area contributed by atoms with E-state index in [0.717, 1.165) is 0 Å². The number of nitrogens with zero attached hydrogens (tertiary/aromatic N) is 2. The van der Waals surface area contributed by atoms with Crippen LogP contribution < -0.4 is 11.3 Å². The van der Waals surface area contributed by atoms with Gasteiger partial charge in [-0.2, -0.15) is 4.98 Å². The van der Waals surface area contributed by atoms with Gasteiger partial charge in [-0.1, -0.05) is 11.2 Å². The maximum atomic E-state index is 11.0. The number of H-pyrrole nitrogens is 1. The van der Waals surface area contributed by atoms with Crippen LogP contribution in [0, 0.1) is 0 Å². The Hall–Kier alpha value is -1.95. The summed E-state index contributed by atoms with van der Waals surface area (Å²) >= 11 is 0. The Morgan fingerprint density at radius 1 is 1.47 bits per heavy atom. The van der Waals surface area contributed by atoms with Crippen molar-refractivity contribution in [2.75, 3.05) is 6.54 Å². The average Bonchev–Trinajstić information content (AvgIpc) is 2.67. The highest BCUT2D eigenvalue weighted by Crippen LogP contribution is 2.11. The number of pyridine rings is 1. The minimum absolute atomic E-state index is 0.203. The lowest BCUT2D eigenvalue weighted by Crippen LogP contribution is -2.05. The molecule has 0 bridgehead atoms. The van der Waals surface area contributed by atoms with Crippen molar-refractivity contribution < 1.29 is 4.52 Å². The van der Waals surface area contributed by atoms with Gasteiger partial charge in [0, 0.05) is 12.5 Å². The number of rotatable bonds is 3. The van der Waals surface area contributed by atoms with Gasteiger partial charge in [-0.05, 0) is 12.6 Å². The summed E-state index contributed by atoms with van der Waals surface area (Å²) in [5, 5.41) is 3.72. The molecule has 0 saturated carbocycles. The van der Waals surface area contributed by atoms with Gasteiger partial charge in [0.1, 0.15) is 5.69 Å². The molecule has 0 aliphatic rings. The van der Waals surface area contributed by atoms with Gasteiger partial charge < -0.3 is 15.2 Å². The van der Waals surface area contributed by atoms with Gasteiger partial charge in [0.05, 0.1) is 0 Å². The van der Waals surface area contributed by atoms with Gasteiger partial charge in [-0.3, -0.25) is 4.79 Å². The number of hydrogen-bond donors (Lipinski definition) is 2. The van der Waals surface area contributed by atoms with Gasteiger partial charge in [-0.25, -0.2) is 0 Å². The van der Waals surface area contributed by atoms with E-state index in [9.17, 15) is 4.79 Å². The van der Waals surface area contributed by atoms with E-state index in [-0.39, 0.29) is 5.56 Å². The van der Waals surface area contributed by atoms with E-state index >= 15 is 0 Å². The monoisotopic (exact) mass is 206 g/mol. The highest BCUT2D eigenvalue weighted by molar-refractivity contribution is 5.45. The van der Waals surface area contributed by atoms with Gasteiger partial charge >= 0.3 is 0 Å².